The minimum atomic E-state index is -0.454. The van der Waals surface area contributed by atoms with Gasteiger partial charge < -0.3 is 10.6 Å². The first-order valence-corrected chi connectivity index (χ1v) is 6.11. The molecule has 1 aliphatic rings. The van der Waals surface area contributed by atoms with Gasteiger partial charge in [0.05, 0.1) is 5.69 Å². The zero-order chi connectivity index (χ0) is 13.8. The Morgan fingerprint density at radius 3 is 2.74 bits per heavy atom. The maximum Gasteiger partial charge on any atom is 0.249 e. The Morgan fingerprint density at radius 2 is 2.11 bits per heavy atom. The third kappa shape index (κ3) is 2.90. The van der Waals surface area contributed by atoms with Crippen LogP contribution in [0.4, 0.5) is 5.69 Å². The number of guanidine groups is 1. The highest BCUT2D eigenvalue weighted by atomic mass is 16.2. The molecule has 0 aromatic heterocycles. The molecule has 1 aromatic carbocycles. The number of nitrogens with two attached hydrogens (primary N) is 1. The molecule has 1 atom stereocenters. The summed E-state index contributed by atoms with van der Waals surface area (Å²) < 4.78 is 0. The number of imide groups is 1. The number of rotatable bonds is 2. The van der Waals surface area contributed by atoms with Crippen molar-refractivity contribution in [2.75, 3.05) is 6.54 Å². The van der Waals surface area contributed by atoms with Crippen molar-refractivity contribution in [3.8, 4) is 0 Å². The molecule has 2 amide bonds. The Hall–Kier alpha value is -2.37. The molecule has 0 aliphatic carbocycles. The maximum atomic E-state index is 11.7. The topological polar surface area (TPSA) is 87.8 Å². The number of carbonyl (C=O) groups excluding carboxylic acids is 2. The van der Waals surface area contributed by atoms with Crippen LogP contribution in [-0.2, 0) is 9.59 Å². The molecule has 1 fully saturated rings. The van der Waals surface area contributed by atoms with Gasteiger partial charge in [-0.3, -0.25) is 14.9 Å². The fourth-order valence-corrected chi connectivity index (χ4v) is 2.01. The summed E-state index contributed by atoms with van der Waals surface area (Å²) in [5.74, 6) is -0.507. The van der Waals surface area contributed by atoms with Gasteiger partial charge in [0.2, 0.25) is 11.8 Å². The number of amides is 2. The number of nitrogens with one attached hydrogen (secondary N) is 1. The fraction of sp³-hybridized carbons (Fsp3) is 0.308. The lowest BCUT2D eigenvalue weighted by atomic mass is 10.1. The molecule has 0 spiro atoms. The molecule has 0 radical (unpaired) electrons. The van der Waals surface area contributed by atoms with E-state index in [9.17, 15) is 9.59 Å². The number of piperazine rings is 1. The molecule has 6 heteroatoms. The van der Waals surface area contributed by atoms with Gasteiger partial charge in [0, 0.05) is 0 Å². The molecular weight excluding hydrogens is 244 g/mol. The van der Waals surface area contributed by atoms with Crippen LogP contribution < -0.4 is 11.1 Å². The lowest BCUT2D eigenvalue weighted by molar-refractivity contribution is -0.137. The standard InChI is InChI=1S/C13H16N4O2/c1-2-10-12(19)16-11(18)8-17(10)13(14)15-9-6-4-3-5-7-9/h3-7,10H,2,8H2,1H3,(H2,14,15)(H,16,18,19). The lowest BCUT2D eigenvalue weighted by Crippen LogP contribution is -2.61. The number of nitrogens with zero attached hydrogens (tertiary/aromatic N) is 2. The van der Waals surface area contributed by atoms with E-state index in [1.54, 1.807) is 12.1 Å². The minimum absolute atomic E-state index is 0.0480. The summed E-state index contributed by atoms with van der Waals surface area (Å²) in [5.41, 5.74) is 6.60. The summed E-state index contributed by atoms with van der Waals surface area (Å²) in [4.78, 5) is 28.9. The SMILES string of the molecule is CCC1C(=O)NC(=O)CN1C(N)=Nc1ccccc1. The Morgan fingerprint density at radius 1 is 1.42 bits per heavy atom. The normalized spacial score (nSPS) is 20.4. The van der Waals surface area contributed by atoms with Gasteiger partial charge in [0.15, 0.2) is 5.96 Å². The second-order valence-electron chi connectivity index (χ2n) is 4.27. The molecule has 0 saturated carbocycles. The van der Waals surface area contributed by atoms with E-state index in [2.05, 4.69) is 10.3 Å². The Kier molecular flexibility index (Phi) is 3.79. The van der Waals surface area contributed by atoms with E-state index in [1.807, 2.05) is 25.1 Å². The van der Waals surface area contributed by atoms with Gasteiger partial charge in [-0.2, -0.15) is 0 Å². The molecule has 1 unspecified atom stereocenters. The highest BCUT2D eigenvalue weighted by Gasteiger charge is 2.33. The summed E-state index contributed by atoms with van der Waals surface area (Å²) in [6.45, 7) is 1.91. The molecule has 2 rings (SSSR count). The van der Waals surface area contributed by atoms with Crippen molar-refractivity contribution in [1.82, 2.24) is 10.2 Å². The summed E-state index contributed by atoms with van der Waals surface area (Å²) in [7, 11) is 0. The number of benzene rings is 1. The van der Waals surface area contributed by atoms with Crippen molar-refractivity contribution < 1.29 is 9.59 Å². The molecule has 6 nitrogen and oxygen atoms in total. The van der Waals surface area contributed by atoms with Crippen LogP contribution in [0.1, 0.15) is 13.3 Å². The predicted octanol–water partition coefficient (Wildman–Crippen LogP) is 0.370. The largest absolute Gasteiger partial charge is 0.369 e. The number of carbonyl (C=O) groups is 2. The van der Waals surface area contributed by atoms with Gasteiger partial charge in [0.1, 0.15) is 12.6 Å². The van der Waals surface area contributed by atoms with Crippen LogP contribution in [0.5, 0.6) is 0 Å². The van der Waals surface area contributed by atoms with E-state index in [4.69, 9.17) is 5.73 Å². The average molecular weight is 260 g/mol. The molecule has 19 heavy (non-hydrogen) atoms. The number of aliphatic imine (C=N–C) groups is 1. The lowest BCUT2D eigenvalue weighted by Gasteiger charge is -2.34. The van der Waals surface area contributed by atoms with E-state index in [1.165, 1.54) is 4.90 Å². The average Bonchev–Trinajstić information content (AvgIpc) is 2.39. The van der Waals surface area contributed by atoms with Crippen molar-refractivity contribution in [2.24, 2.45) is 10.7 Å². The molecule has 1 aliphatic heterocycles. The minimum Gasteiger partial charge on any atom is -0.369 e. The molecule has 3 N–H and O–H groups in total. The molecule has 1 aromatic rings. The summed E-state index contributed by atoms with van der Waals surface area (Å²) in [6.07, 6.45) is 0.560. The molecule has 100 valence electrons. The highest BCUT2D eigenvalue weighted by molar-refractivity contribution is 6.04. The Balaban J connectivity index is 2.25. The quantitative estimate of drug-likeness (QED) is 0.457. The first-order valence-electron chi connectivity index (χ1n) is 6.11. The molecule has 1 saturated heterocycles. The van der Waals surface area contributed by atoms with Crippen molar-refractivity contribution in [1.29, 1.82) is 0 Å². The number of hydrogen-bond acceptors (Lipinski definition) is 3. The maximum absolute atomic E-state index is 11.7. The summed E-state index contributed by atoms with van der Waals surface area (Å²) in [6, 6.07) is 8.72. The molecular formula is C13H16N4O2. The van der Waals surface area contributed by atoms with E-state index in [-0.39, 0.29) is 24.3 Å². The van der Waals surface area contributed by atoms with Crippen LogP contribution in [0, 0.1) is 0 Å². The van der Waals surface area contributed by atoms with Crippen LogP contribution in [0.15, 0.2) is 35.3 Å². The van der Waals surface area contributed by atoms with E-state index in [0.717, 1.165) is 0 Å². The van der Waals surface area contributed by atoms with Crippen molar-refractivity contribution >= 4 is 23.5 Å². The van der Waals surface area contributed by atoms with Crippen molar-refractivity contribution in [3.63, 3.8) is 0 Å². The van der Waals surface area contributed by atoms with Crippen LogP contribution in [0.2, 0.25) is 0 Å². The van der Waals surface area contributed by atoms with Crippen LogP contribution in [0.3, 0.4) is 0 Å². The number of hydrogen-bond donors (Lipinski definition) is 2. The van der Waals surface area contributed by atoms with Gasteiger partial charge in [-0.1, -0.05) is 25.1 Å². The van der Waals surface area contributed by atoms with Crippen molar-refractivity contribution in [3.05, 3.63) is 30.3 Å². The zero-order valence-corrected chi connectivity index (χ0v) is 10.7. The summed E-state index contributed by atoms with van der Waals surface area (Å²) in [5, 5.41) is 2.30. The van der Waals surface area contributed by atoms with E-state index >= 15 is 0 Å². The summed E-state index contributed by atoms with van der Waals surface area (Å²) >= 11 is 0. The van der Waals surface area contributed by atoms with E-state index in [0.29, 0.717) is 12.1 Å². The first-order chi connectivity index (χ1) is 9.11. The Labute approximate surface area is 111 Å². The predicted molar refractivity (Wildman–Crippen MR) is 71.7 cm³/mol. The fourth-order valence-electron chi connectivity index (χ4n) is 2.01. The van der Waals surface area contributed by atoms with Crippen LogP contribution in [0.25, 0.3) is 0 Å². The van der Waals surface area contributed by atoms with Crippen LogP contribution in [-0.4, -0.2) is 35.3 Å². The van der Waals surface area contributed by atoms with Crippen LogP contribution >= 0.6 is 0 Å². The zero-order valence-electron chi connectivity index (χ0n) is 10.7. The smallest absolute Gasteiger partial charge is 0.249 e. The van der Waals surface area contributed by atoms with Gasteiger partial charge in [-0.15, -0.1) is 0 Å². The van der Waals surface area contributed by atoms with Gasteiger partial charge in [0.25, 0.3) is 0 Å². The van der Waals surface area contributed by atoms with Gasteiger partial charge >= 0.3 is 0 Å². The second kappa shape index (κ2) is 5.51. The third-order valence-electron chi connectivity index (χ3n) is 2.94. The first kappa shape index (κ1) is 13.1. The van der Waals surface area contributed by atoms with Gasteiger partial charge in [-0.25, -0.2) is 4.99 Å². The molecule has 0 bridgehead atoms. The second-order valence-corrected chi connectivity index (χ2v) is 4.27. The highest BCUT2D eigenvalue weighted by Crippen LogP contribution is 2.13. The third-order valence-corrected chi connectivity index (χ3v) is 2.94. The number of para-hydroxylation sites is 1. The van der Waals surface area contributed by atoms with Gasteiger partial charge in [-0.05, 0) is 18.6 Å². The van der Waals surface area contributed by atoms with E-state index < -0.39 is 6.04 Å². The Bertz CT molecular complexity index is 513. The van der Waals surface area contributed by atoms with Crippen molar-refractivity contribution in [2.45, 2.75) is 19.4 Å². The monoisotopic (exact) mass is 260 g/mol. The molecule has 1 heterocycles.